The molecule has 57 heavy (non-hydrogen) atoms. The van der Waals surface area contributed by atoms with Crippen LogP contribution in [0.4, 0.5) is 0 Å². The van der Waals surface area contributed by atoms with Gasteiger partial charge in [0.05, 0.1) is 13.2 Å². The number of allylic oxidation sites excluding steroid dienone is 10. The highest BCUT2D eigenvalue weighted by molar-refractivity contribution is 7.47. The fraction of sp³-hybridized carbons (Fsp3) is 0.745. The molecule has 0 bridgehead atoms. The largest absolute Gasteiger partial charge is 0.472 e. The average molecular weight is 822 g/mol. The maximum Gasteiger partial charge on any atom is 0.472 e. The third-order valence-corrected chi connectivity index (χ3v) is 10.4. The molecular formula is C47H84NO8P. The molecule has 0 aromatic heterocycles. The number of phosphoric acid groups is 1. The number of carbonyl (C=O) groups excluding carboxylic acids is 2. The van der Waals surface area contributed by atoms with Gasteiger partial charge in [0.2, 0.25) is 0 Å². The Morgan fingerprint density at radius 1 is 0.544 bits per heavy atom. The summed E-state index contributed by atoms with van der Waals surface area (Å²) in [6.45, 7) is 3.56. The minimum absolute atomic E-state index is 0.0430. The zero-order chi connectivity index (χ0) is 41.8. The van der Waals surface area contributed by atoms with Crippen molar-refractivity contribution in [2.24, 2.45) is 5.73 Å². The topological polar surface area (TPSA) is 134 Å². The van der Waals surface area contributed by atoms with Crippen LogP contribution in [0.3, 0.4) is 0 Å². The first kappa shape index (κ1) is 54.7. The fourth-order valence-electron chi connectivity index (χ4n) is 6.08. The molecule has 0 radical (unpaired) electrons. The van der Waals surface area contributed by atoms with E-state index in [1.807, 2.05) is 6.08 Å². The lowest BCUT2D eigenvalue weighted by molar-refractivity contribution is -0.161. The van der Waals surface area contributed by atoms with Crippen LogP contribution in [-0.4, -0.2) is 49.3 Å². The Bertz CT molecular complexity index is 1120. The maximum absolute atomic E-state index is 12.6. The zero-order valence-corrected chi connectivity index (χ0v) is 37.2. The highest BCUT2D eigenvalue weighted by atomic mass is 31.2. The molecule has 1 unspecified atom stereocenters. The van der Waals surface area contributed by atoms with Gasteiger partial charge < -0.3 is 20.1 Å². The Balaban J connectivity index is 4.18. The minimum atomic E-state index is -4.39. The number of carbonyl (C=O) groups is 2. The first-order chi connectivity index (χ1) is 27.8. The molecule has 3 N–H and O–H groups in total. The number of phosphoric ester groups is 1. The van der Waals surface area contributed by atoms with Crippen molar-refractivity contribution in [1.82, 2.24) is 0 Å². The molecule has 0 aliphatic carbocycles. The quantitative estimate of drug-likeness (QED) is 0.0267. The Hall–Kier alpha value is -2.29. The van der Waals surface area contributed by atoms with Crippen molar-refractivity contribution in [3.05, 3.63) is 60.8 Å². The van der Waals surface area contributed by atoms with Crippen molar-refractivity contribution in [1.29, 1.82) is 0 Å². The molecule has 0 fully saturated rings. The monoisotopic (exact) mass is 822 g/mol. The van der Waals surface area contributed by atoms with Gasteiger partial charge in [0.1, 0.15) is 6.61 Å². The van der Waals surface area contributed by atoms with Crippen molar-refractivity contribution < 1.29 is 37.6 Å². The second kappa shape index (κ2) is 43.3. The Morgan fingerprint density at radius 2 is 0.965 bits per heavy atom. The number of ether oxygens (including phenoxy) is 2. The van der Waals surface area contributed by atoms with Gasteiger partial charge in [-0.2, -0.15) is 0 Å². The van der Waals surface area contributed by atoms with Gasteiger partial charge in [-0.25, -0.2) is 4.57 Å². The lowest BCUT2D eigenvalue weighted by Crippen LogP contribution is -2.29. The van der Waals surface area contributed by atoms with Crippen LogP contribution in [-0.2, 0) is 32.7 Å². The molecule has 0 rings (SSSR count). The van der Waals surface area contributed by atoms with Crippen LogP contribution in [0.25, 0.3) is 0 Å². The second-order valence-electron chi connectivity index (χ2n) is 14.9. The number of rotatable bonds is 42. The molecule has 10 heteroatoms. The van der Waals surface area contributed by atoms with Gasteiger partial charge in [-0.3, -0.25) is 18.6 Å². The fourth-order valence-corrected chi connectivity index (χ4v) is 6.85. The van der Waals surface area contributed by atoms with Crippen molar-refractivity contribution in [3.63, 3.8) is 0 Å². The summed E-state index contributed by atoms with van der Waals surface area (Å²) >= 11 is 0. The summed E-state index contributed by atoms with van der Waals surface area (Å²) in [7, 11) is -4.39. The van der Waals surface area contributed by atoms with Gasteiger partial charge in [0.15, 0.2) is 6.10 Å². The van der Waals surface area contributed by atoms with Crippen molar-refractivity contribution in [3.8, 4) is 0 Å². The minimum Gasteiger partial charge on any atom is -0.462 e. The molecule has 0 aromatic rings. The molecule has 0 saturated heterocycles. The van der Waals surface area contributed by atoms with Crippen molar-refractivity contribution >= 4 is 19.8 Å². The van der Waals surface area contributed by atoms with Gasteiger partial charge in [0.25, 0.3) is 0 Å². The van der Waals surface area contributed by atoms with E-state index >= 15 is 0 Å². The normalized spacial score (nSPS) is 13.8. The van der Waals surface area contributed by atoms with E-state index in [1.54, 1.807) is 0 Å². The summed E-state index contributed by atoms with van der Waals surface area (Å²) in [4.78, 5) is 34.9. The first-order valence-electron chi connectivity index (χ1n) is 22.8. The molecule has 9 nitrogen and oxygen atoms in total. The van der Waals surface area contributed by atoms with Crippen LogP contribution < -0.4 is 5.73 Å². The van der Waals surface area contributed by atoms with Crippen LogP contribution in [0, 0.1) is 0 Å². The van der Waals surface area contributed by atoms with Crippen LogP contribution in [0.5, 0.6) is 0 Å². The standard InChI is InChI=1S/C47H84NO8P/c1-3-5-7-9-11-13-15-17-19-21-22-24-25-27-29-31-33-35-37-39-46(49)53-43-45(44-55-57(51,52)54-42-41-48)56-47(50)40-38-36-34-32-30-28-26-23-20-18-16-14-12-10-8-6-4-2/h6,8,12,14,18,20,26,28,32,34,45H,3-5,7,9-11,13,15-17,19,21-25,27,29-31,33,35-44,48H2,1-2H3,(H,51,52)/b8-6-,14-12-,20-18-,28-26-,34-32-/t45-/m1/s1. The number of hydrogen-bond acceptors (Lipinski definition) is 8. The van der Waals surface area contributed by atoms with Gasteiger partial charge in [-0.15, -0.1) is 0 Å². The number of unbranched alkanes of at least 4 members (excludes halogenated alkanes) is 19. The van der Waals surface area contributed by atoms with E-state index in [1.165, 1.54) is 103 Å². The second-order valence-corrected chi connectivity index (χ2v) is 16.3. The smallest absolute Gasteiger partial charge is 0.462 e. The van der Waals surface area contributed by atoms with E-state index in [4.69, 9.17) is 24.3 Å². The van der Waals surface area contributed by atoms with E-state index in [2.05, 4.69) is 68.5 Å². The van der Waals surface area contributed by atoms with Crippen LogP contribution in [0.2, 0.25) is 0 Å². The molecule has 0 spiro atoms. The molecule has 0 aliphatic heterocycles. The summed E-state index contributed by atoms with van der Waals surface area (Å²) in [5.41, 5.74) is 5.35. The molecule has 0 amide bonds. The predicted molar refractivity (Wildman–Crippen MR) is 238 cm³/mol. The average Bonchev–Trinajstić information content (AvgIpc) is 3.20. The predicted octanol–water partition coefficient (Wildman–Crippen LogP) is 13.3. The summed E-state index contributed by atoms with van der Waals surface area (Å²) < 4.78 is 32.8. The molecule has 0 saturated carbocycles. The molecule has 330 valence electrons. The number of esters is 2. The molecule has 0 aliphatic rings. The van der Waals surface area contributed by atoms with Crippen molar-refractivity contribution in [2.75, 3.05) is 26.4 Å². The van der Waals surface area contributed by atoms with E-state index in [0.29, 0.717) is 12.8 Å². The van der Waals surface area contributed by atoms with Crippen LogP contribution in [0.1, 0.15) is 194 Å². The summed E-state index contributed by atoms with van der Waals surface area (Å²) in [5, 5.41) is 0. The molecular weight excluding hydrogens is 737 g/mol. The van der Waals surface area contributed by atoms with Crippen molar-refractivity contribution in [2.45, 2.75) is 200 Å². The van der Waals surface area contributed by atoms with Gasteiger partial charge in [-0.05, 0) is 51.4 Å². The number of hydrogen-bond donors (Lipinski definition) is 2. The van der Waals surface area contributed by atoms with Crippen LogP contribution >= 0.6 is 7.82 Å². The molecule has 0 heterocycles. The summed E-state index contributed by atoms with van der Waals surface area (Å²) in [6.07, 6.45) is 51.2. The first-order valence-corrected chi connectivity index (χ1v) is 24.3. The number of nitrogens with two attached hydrogens (primary N) is 1. The summed E-state index contributed by atoms with van der Waals surface area (Å²) in [6, 6.07) is 0. The highest BCUT2D eigenvalue weighted by Gasteiger charge is 2.25. The van der Waals surface area contributed by atoms with E-state index in [-0.39, 0.29) is 32.6 Å². The Labute approximate surface area is 349 Å². The van der Waals surface area contributed by atoms with Crippen LogP contribution in [0.15, 0.2) is 60.8 Å². The Morgan fingerprint density at radius 3 is 1.42 bits per heavy atom. The SMILES string of the molecule is CC/C=C\C/C=C\C/C=C\C/C=C\C/C=C\CCCC(=O)O[C@H](COC(=O)CCCCCCCCCCCCCCCCCCCCC)COP(=O)(O)OCCN. The third-order valence-electron chi connectivity index (χ3n) is 9.42. The zero-order valence-electron chi connectivity index (χ0n) is 36.3. The van der Waals surface area contributed by atoms with Gasteiger partial charge in [0, 0.05) is 19.4 Å². The lowest BCUT2D eigenvalue weighted by Gasteiger charge is -2.19. The highest BCUT2D eigenvalue weighted by Crippen LogP contribution is 2.43. The van der Waals surface area contributed by atoms with E-state index in [0.717, 1.165) is 51.4 Å². The molecule has 2 atom stereocenters. The van der Waals surface area contributed by atoms with Gasteiger partial charge >= 0.3 is 19.8 Å². The lowest BCUT2D eigenvalue weighted by atomic mass is 10.0. The summed E-state index contributed by atoms with van der Waals surface area (Å²) in [5.74, 6) is -0.894. The van der Waals surface area contributed by atoms with Gasteiger partial charge in [-0.1, -0.05) is 190 Å². The van der Waals surface area contributed by atoms with E-state index < -0.39 is 32.5 Å². The van der Waals surface area contributed by atoms with E-state index in [9.17, 15) is 19.0 Å². The molecule has 0 aromatic carbocycles. The maximum atomic E-state index is 12.6. The third kappa shape index (κ3) is 43.1. The Kier molecular flexibility index (Phi) is 41.6.